The molecule has 254 valence electrons. The first-order chi connectivity index (χ1) is 22.9. The number of rotatable bonds is 15. The second kappa shape index (κ2) is 16.0. The highest BCUT2D eigenvalue weighted by Gasteiger charge is 2.34. The van der Waals surface area contributed by atoms with Crippen molar-refractivity contribution >= 4 is 23.5 Å². The zero-order valence-electron chi connectivity index (χ0n) is 26.8. The lowest BCUT2D eigenvalue weighted by Gasteiger charge is -2.31. The van der Waals surface area contributed by atoms with Crippen LogP contribution in [0.1, 0.15) is 53.9 Å². The SMILES string of the molecule is COc1cc(C(=O)CCC(C)(O)c2cc(C(C)(CF)NC(=O)OCc3ccccc3)cc(-c3ccc(F)c(Cl)c3)n2)ccc1OCCO. The molecule has 0 bridgehead atoms. The third-order valence-corrected chi connectivity index (χ3v) is 8.05. The van der Waals surface area contributed by atoms with E-state index in [1.165, 1.54) is 51.3 Å². The van der Waals surface area contributed by atoms with Gasteiger partial charge in [-0.05, 0) is 79.9 Å². The second-order valence-electron chi connectivity index (χ2n) is 11.5. The summed E-state index contributed by atoms with van der Waals surface area (Å²) in [6.45, 7) is 1.69. The van der Waals surface area contributed by atoms with Crippen LogP contribution >= 0.6 is 11.6 Å². The van der Waals surface area contributed by atoms with Crippen molar-refractivity contribution in [1.29, 1.82) is 0 Å². The number of Topliss-reactive ketones (excluding diaryl/α,β-unsaturated/α-hetero) is 1. The van der Waals surface area contributed by atoms with E-state index in [4.69, 9.17) is 30.9 Å². The number of pyridine rings is 1. The Kier molecular flexibility index (Phi) is 12.1. The van der Waals surface area contributed by atoms with Crippen molar-refractivity contribution in [2.45, 2.75) is 44.4 Å². The van der Waals surface area contributed by atoms with Crippen molar-refractivity contribution in [2.75, 3.05) is 27.0 Å². The summed E-state index contributed by atoms with van der Waals surface area (Å²) in [6.07, 6.45) is -1.07. The van der Waals surface area contributed by atoms with Crippen LogP contribution in [0.5, 0.6) is 11.5 Å². The smallest absolute Gasteiger partial charge is 0.408 e. The Balaban J connectivity index is 1.63. The summed E-state index contributed by atoms with van der Waals surface area (Å²) in [4.78, 5) is 30.6. The summed E-state index contributed by atoms with van der Waals surface area (Å²) in [6, 6.07) is 20.5. The Hall–Kier alpha value is -4.58. The number of halogens is 3. The van der Waals surface area contributed by atoms with Gasteiger partial charge in [0, 0.05) is 17.5 Å². The van der Waals surface area contributed by atoms with Crippen LogP contribution in [0, 0.1) is 5.82 Å². The average molecular weight is 683 g/mol. The summed E-state index contributed by atoms with van der Waals surface area (Å²) in [5.74, 6) is -0.292. The molecule has 0 fully saturated rings. The van der Waals surface area contributed by atoms with E-state index in [1.54, 1.807) is 36.4 Å². The summed E-state index contributed by atoms with van der Waals surface area (Å²) >= 11 is 6.05. The standard InChI is InChI=1S/C36H37ClF2N2O7/c1-35(22-38,41-34(44)48-21-23-7-5-4-6-8-23)26-19-29(24-9-11-28(39)27(37)17-24)40-33(20-26)36(2,45)14-13-30(43)25-10-12-31(47-16-15-42)32(18-25)46-3/h4-12,17-20,42,45H,13-16,21-22H2,1-3H3,(H,41,44). The van der Waals surface area contributed by atoms with Gasteiger partial charge >= 0.3 is 6.09 Å². The number of alkyl carbamates (subject to hydrolysis) is 1. The van der Waals surface area contributed by atoms with Gasteiger partial charge in [0.1, 0.15) is 31.3 Å². The Morgan fingerprint density at radius 1 is 1.00 bits per heavy atom. The van der Waals surface area contributed by atoms with Crippen LogP contribution in [0.3, 0.4) is 0 Å². The van der Waals surface area contributed by atoms with Crippen LogP contribution in [0.4, 0.5) is 13.6 Å². The molecule has 1 heterocycles. The quantitative estimate of drug-likeness (QED) is 0.116. The number of alkyl halides is 1. The number of benzene rings is 3. The van der Waals surface area contributed by atoms with Crippen molar-refractivity contribution in [3.8, 4) is 22.8 Å². The maximum absolute atomic E-state index is 14.8. The van der Waals surface area contributed by atoms with E-state index in [2.05, 4.69) is 10.3 Å². The molecule has 3 N–H and O–H groups in total. The molecule has 1 aromatic heterocycles. The minimum Gasteiger partial charge on any atom is -0.493 e. The number of methoxy groups -OCH3 is 1. The minimum atomic E-state index is -1.72. The van der Waals surface area contributed by atoms with Crippen molar-refractivity contribution < 1.29 is 42.8 Å². The number of hydrogen-bond donors (Lipinski definition) is 3. The van der Waals surface area contributed by atoms with Gasteiger partial charge in [0.2, 0.25) is 0 Å². The third-order valence-electron chi connectivity index (χ3n) is 7.76. The number of aliphatic hydroxyl groups is 2. The van der Waals surface area contributed by atoms with Gasteiger partial charge in [0.05, 0.1) is 35.7 Å². The van der Waals surface area contributed by atoms with Crippen molar-refractivity contribution in [2.24, 2.45) is 0 Å². The highest BCUT2D eigenvalue weighted by atomic mass is 35.5. The number of amides is 1. The highest BCUT2D eigenvalue weighted by Crippen LogP contribution is 2.35. The van der Waals surface area contributed by atoms with Gasteiger partial charge in [-0.1, -0.05) is 41.9 Å². The molecule has 12 heteroatoms. The zero-order chi connectivity index (χ0) is 34.9. The Morgan fingerprint density at radius 2 is 1.75 bits per heavy atom. The molecule has 2 atom stereocenters. The number of aromatic nitrogens is 1. The lowest BCUT2D eigenvalue weighted by molar-refractivity contribution is 0.0395. The predicted octanol–water partition coefficient (Wildman–Crippen LogP) is 6.90. The molecular formula is C36H37ClF2N2O7. The van der Waals surface area contributed by atoms with E-state index in [0.717, 1.165) is 11.6 Å². The average Bonchev–Trinajstić information content (AvgIpc) is 3.10. The van der Waals surface area contributed by atoms with Crippen molar-refractivity contribution in [3.63, 3.8) is 0 Å². The summed E-state index contributed by atoms with van der Waals surface area (Å²) in [5, 5.41) is 23.1. The number of carbonyl (C=O) groups excluding carboxylic acids is 2. The normalized spacial score (nSPS) is 13.6. The number of ketones is 1. The zero-order valence-corrected chi connectivity index (χ0v) is 27.5. The molecule has 9 nitrogen and oxygen atoms in total. The molecule has 4 rings (SSSR count). The molecule has 0 saturated carbocycles. The van der Waals surface area contributed by atoms with Gasteiger partial charge in [-0.3, -0.25) is 4.79 Å². The van der Waals surface area contributed by atoms with E-state index < -0.39 is 29.7 Å². The van der Waals surface area contributed by atoms with Gasteiger partial charge in [-0.2, -0.15) is 0 Å². The molecule has 4 aromatic rings. The van der Waals surface area contributed by atoms with Crippen LogP contribution in [0.2, 0.25) is 5.02 Å². The number of aliphatic hydroxyl groups excluding tert-OH is 1. The monoisotopic (exact) mass is 682 g/mol. The maximum atomic E-state index is 14.8. The Bertz CT molecular complexity index is 1740. The van der Waals surface area contributed by atoms with Crippen LogP contribution in [0.25, 0.3) is 11.3 Å². The van der Waals surface area contributed by atoms with E-state index in [-0.39, 0.29) is 60.4 Å². The number of hydrogen-bond acceptors (Lipinski definition) is 8. The number of ether oxygens (including phenoxy) is 3. The summed E-state index contributed by atoms with van der Waals surface area (Å²) in [5.41, 5.74) is -1.39. The van der Waals surface area contributed by atoms with Crippen LogP contribution in [-0.4, -0.2) is 54.1 Å². The fourth-order valence-electron chi connectivity index (χ4n) is 4.84. The first kappa shape index (κ1) is 36.3. The first-order valence-corrected chi connectivity index (χ1v) is 15.5. The molecule has 0 aliphatic carbocycles. The lowest BCUT2D eigenvalue weighted by atomic mass is 9.87. The topological polar surface area (TPSA) is 127 Å². The molecule has 2 unspecified atom stereocenters. The minimum absolute atomic E-state index is 0.0387. The Labute approximate surface area is 282 Å². The third kappa shape index (κ3) is 9.06. The summed E-state index contributed by atoms with van der Waals surface area (Å²) in [7, 11) is 1.42. The summed E-state index contributed by atoms with van der Waals surface area (Å²) < 4.78 is 44.9. The largest absolute Gasteiger partial charge is 0.493 e. The number of carbonyl (C=O) groups is 2. The van der Waals surface area contributed by atoms with Crippen molar-refractivity contribution in [1.82, 2.24) is 10.3 Å². The van der Waals surface area contributed by atoms with E-state index in [0.29, 0.717) is 22.6 Å². The van der Waals surface area contributed by atoms with Gasteiger partial charge in [0.25, 0.3) is 0 Å². The predicted molar refractivity (Wildman–Crippen MR) is 176 cm³/mol. The molecule has 0 saturated heterocycles. The van der Waals surface area contributed by atoms with Crippen LogP contribution < -0.4 is 14.8 Å². The van der Waals surface area contributed by atoms with Crippen molar-refractivity contribution in [3.05, 3.63) is 112 Å². The molecule has 1 amide bonds. The lowest BCUT2D eigenvalue weighted by Crippen LogP contribution is -2.45. The number of nitrogens with zero attached hydrogens (tertiary/aromatic N) is 1. The highest BCUT2D eigenvalue weighted by molar-refractivity contribution is 6.31. The number of nitrogens with one attached hydrogen (secondary N) is 1. The fourth-order valence-corrected chi connectivity index (χ4v) is 5.02. The molecule has 48 heavy (non-hydrogen) atoms. The van der Waals surface area contributed by atoms with E-state index in [1.807, 2.05) is 6.07 Å². The van der Waals surface area contributed by atoms with E-state index in [9.17, 15) is 23.5 Å². The van der Waals surface area contributed by atoms with Crippen LogP contribution in [-0.2, 0) is 22.5 Å². The molecule has 0 aliphatic heterocycles. The van der Waals surface area contributed by atoms with Gasteiger partial charge in [-0.25, -0.2) is 18.6 Å². The Morgan fingerprint density at radius 3 is 2.42 bits per heavy atom. The first-order valence-electron chi connectivity index (χ1n) is 15.1. The van der Waals surface area contributed by atoms with Gasteiger partial charge < -0.3 is 29.7 Å². The maximum Gasteiger partial charge on any atom is 0.408 e. The molecule has 0 spiro atoms. The van der Waals surface area contributed by atoms with E-state index >= 15 is 0 Å². The van der Waals surface area contributed by atoms with Crippen LogP contribution in [0.15, 0.2) is 78.9 Å². The van der Waals surface area contributed by atoms with Gasteiger partial charge in [0.15, 0.2) is 17.3 Å². The van der Waals surface area contributed by atoms with Gasteiger partial charge in [-0.15, -0.1) is 0 Å². The fraction of sp³-hybridized carbons (Fsp3) is 0.306. The molecular weight excluding hydrogens is 646 g/mol. The second-order valence-corrected chi connectivity index (χ2v) is 11.9. The molecule has 0 radical (unpaired) electrons. The molecule has 3 aromatic carbocycles. The molecule has 0 aliphatic rings.